The molecule has 26 heavy (non-hydrogen) atoms. The van der Waals surface area contributed by atoms with Crippen molar-refractivity contribution >= 4 is 21.6 Å². The minimum absolute atomic E-state index is 0.000405. The van der Waals surface area contributed by atoms with Gasteiger partial charge in [-0.15, -0.1) is 0 Å². The first-order chi connectivity index (χ1) is 12.3. The maximum atomic E-state index is 13.5. The predicted molar refractivity (Wildman–Crippen MR) is 97.4 cm³/mol. The van der Waals surface area contributed by atoms with Crippen molar-refractivity contribution in [1.82, 2.24) is 5.32 Å². The summed E-state index contributed by atoms with van der Waals surface area (Å²) >= 11 is 0. The molecule has 2 aromatic carbocycles. The Morgan fingerprint density at radius 1 is 1.23 bits per heavy atom. The highest BCUT2D eigenvalue weighted by Crippen LogP contribution is 2.27. The van der Waals surface area contributed by atoms with Crippen molar-refractivity contribution in [2.24, 2.45) is 0 Å². The first kappa shape index (κ1) is 19.7. The molecule has 1 amide bonds. The average molecular weight is 380 g/mol. The number of rotatable bonds is 7. The third-order valence-corrected chi connectivity index (χ3v) is 5.21. The number of carbonyl (C=O) groups is 1. The van der Waals surface area contributed by atoms with E-state index in [1.165, 1.54) is 25.3 Å². The molecule has 0 heterocycles. The molecule has 0 fully saturated rings. The zero-order chi connectivity index (χ0) is 19.3. The number of sulfonamides is 1. The molecule has 140 valence electrons. The van der Waals surface area contributed by atoms with Crippen LogP contribution in [0.4, 0.5) is 10.1 Å². The SMILES string of the molecule is CC[C@H](C)NC(=O)c1ccccc1NS(=O)(=O)c1cc(F)ccc1OC. The number of halogens is 1. The van der Waals surface area contributed by atoms with E-state index < -0.39 is 21.7 Å². The molecule has 6 nitrogen and oxygen atoms in total. The van der Waals surface area contributed by atoms with Crippen LogP contribution in [0.15, 0.2) is 47.4 Å². The molecule has 0 spiro atoms. The molecule has 2 rings (SSSR count). The quantitative estimate of drug-likeness (QED) is 0.773. The molecule has 0 aliphatic carbocycles. The number of nitrogens with one attached hydrogen (secondary N) is 2. The second kappa shape index (κ2) is 8.18. The van der Waals surface area contributed by atoms with Crippen LogP contribution in [-0.4, -0.2) is 27.5 Å². The van der Waals surface area contributed by atoms with Gasteiger partial charge in [0.05, 0.1) is 18.4 Å². The standard InChI is InChI=1S/C18H21FN2O4S/c1-4-12(2)20-18(22)14-7-5-6-8-15(14)21-26(23,24)17-11-13(19)9-10-16(17)25-3/h5-12,21H,4H2,1-3H3,(H,20,22)/t12-/m0/s1. The molecule has 0 saturated carbocycles. The van der Waals surface area contributed by atoms with Gasteiger partial charge in [-0.1, -0.05) is 19.1 Å². The van der Waals surface area contributed by atoms with Gasteiger partial charge in [0.15, 0.2) is 0 Å². The minimum Gasteiger partial charge on any atom is -0.495 e. The van der Waals surface area contributed by atoms with E-state index >= 15 is 0 Å². The zero-order valence-electron chi connectivity index (χ0n) is 14.7. The Hall–Kier alpha value is -2.61. The van der Waals surface area contributed by atoms with Crippen molar-refractivity contribution in [2.75, 3.05) is 11.8 Å². The van der Waals surface area contributed by atoms with Gasteiger partial charge in [-0.2, -0.15) is 0 Å². The number of benzene rings is 2. The third kappa shape index (κ3) is 4.51. The Morgan fingerprint density at radius 2 is 1.92 bits per heavy atom. The molecule has 0 radical (unpaired) electrons. The lowest BCUT2D eigenvalue weighted by Gasteiger charge is -2.16. The van der Waals surface area contributed by atoms with E-state index in [0.717, 1.165) is 18.6 Å². The fraction of sp³-hybridized carbons (Fsp3) is 0.278. The number of carbonyl (C=O) groups excluding carboxylic acids is 1. The van der Waals surface area contributed by atoms with Gasteiger partial charge >= 0.3 is 0 Å². The number of methoxy groups -OCH3 is 1. The molecule has 2 N–H and O–H groups in total. The summed E-state index contributed by atoms with van der Waals surface area (Å²) in [5, 5.41) is 2.78. The lowest BCUT2D eigenvalue weighted by molar-refractivity contribution is 0.0940. The molecule has 0 aliphatic rings. The van der Waals surface area contributed by atoms with E-state index in [1.807, 2.05) is 13.8 Å². The van der Waals surface area contributed by atoms with Gasteiger partial charge < -0.3 is 10.1 Å². The van der Waals surface area contributed by atoms with E-state index in [2.05, 4.69) is 10.0 Å². The van der Waals surface area contributed by atoms with E-state index in [9.17, 15) is 17.6 Å². The molecule has 0 aliphatic heterocycles. The van der Waals surface area contributed by atoms with E-state index in [4.69, 9.17) is 4.74 Å². The molecule has 0 bridgehead atoms. The highest BCUT2D eigenvalue weighted by molar-refractivity contribution is 7.92. The van der Waals surface area contributed by atoms with Crippen LogP contribution >= 0.6 is 0 Å². The Morgan fingerprint density at radius 3 is 2.58 bits per heavy atom. The van der Waals surface area contributed by atoms with Crippen LogP contribution in [0.5, 0.6) is 5.75 Å². The largest absolute Gasteiger partial charge is 0.495 e. The molecular weight excluding hydrogens is 359 g/mol. The zero-order valence-corrected chi connectivity index (χ0v) is 15.6. The Labute approximate surface area is 152 Å². The van der Waals surface area contributed by atoms with Crippen LogP contribution in [0.1, 0.15) is 30.6 Å². The summed E-state index contributed by atoms with van der Waals surface area (Å²) in [7, 11) is -2.87. The van der Waals surface area contributed by atoms with Crippen LogP contribution in [0.2, 0.25) is 0 Å². The molecule has 0 unspecified atom stereocenters. The number of amides is 1. The van der Waals surface area contributed by atoms with Crippen LogP contribution in [0.3, 0.4) is 0 Å². The van der Waals surface area contributed by atoms with Crippen molar-refractivity contribution in [3.05, 3.63) is 53.8 Å². The highest BCUT2D eigenvalue weighted by atomic mass is 32.2. The second-order valence-electron chi connectivity index (χ2n) is 5.73. The normalized spacial score (nSPS) is 12.3. The smallest absolute Gasteiger partial charge is 0.265 e. The van der Waals surface area contributed by atoms with Gasteiger partial charge in [0.1, 0.15) is 16.5 Å². The monoisotopic (exact) mass is 380 g/mol. The topological polar surface area (TPSA) is 84.5 Å². The Kier molecular flexibility index (Phi) is 6.20. The number of anilines is 1. The molecule has 0 saturated heterocycles. The minimum atomic E-state index is -4.16. The molecule has 1 atom stereocenters. The lowest BCUT2D eigenvalue weighted by Crippen LogP contribution is -2.32. The van der Waals surface area contributed by atoms with Gasteiger partial charge in [0.2, 0.25) is 0 Å². The number of ether oxygens (including phenoxy) is 1. The summed E-state index contributed by atoms with van der Waals surface area (Å²) < 4.78 is 46.3. The Bertz CT molecular complexity index is 900. The van der Waals surface area contributed by atoms with E-state index in [-0.39, 0.29) is 27.9 Å². The summed E-state index contributed by atoms with van der Waals surface area (Å²) in [4.78, 5) is 12.1. The van der Waals surface area contributed by atoms with Crippen molar-refractivity contribution in [3.63, 3.8) is 0 Å². The number of hydrogen-bond donors (Lipinski definition) is 2. The summed E-state index contributed by atoms with van der Waals surface area (Å²) in [5.74, 6) is -1.11. The fourth-order valence-electron chi connectivity index (χ4n) is 2.23. The van der Waals surface area contributed by atoms with Gasteiger partial charge in [-0.3, -0.25) is 9.52 Å². The summed E-state index contributed by atoms with van der Waals surface area (Å²) in [5.41, 5.74) is 0.270. The fourth-order valence-corrected chi connectivity index (χ4v) is 3.50. The summed E-state index contributed by atoms with van der Waals surface area (Å²) in [6.07, 6.45) is 0.736. The van der Waals surface area contributed by atoms with Gasteiger partial charge in [0, 0.05) is 6.04 Å². The van der Waals surface area contributed by atoms with Gasteiger partial charge in [0.25, 0.3) is 15.9 Å². The maximum Gasteiger partial charge on any atom is 0.265 e. The lowest BCUT2D eigenvalue weighted by atomic mass is 10.1. The summed E-state index contributed by atoms with van der Waals surface area (Å²) in [6, 6.07) is 9.34. The van der Waals surface area contributed by atoms with Crippen molar-refractivity contribution in [1.29, 1.82) is 0 Å². The molecular formula is C18H21FN2O4S. The van der Waals surface area contributed by atoms with Crippen LogP contribution in [0.25, 0.3) is 0 Å². The van der Waals surface area contributed by atoms with Crippen LogP contribution in [-0.2, 0) is 10.0 Å². The molecule has 8 heteroatoms. The van der Waals surface area contributed by atoms with Crippen molar-refractivity contribution in [2.45, 2.75) is 31.2 Å². The predicted octanol–water partition coefficient (Wildman–Crippen LogP) is 3.16. The van der Waals surface area contributed by atoms with Crippen LogP contribution < -0.4 is 14.8 Å². The maximum absolute atomic E-state index is 13.5. The van der Waals surface area contributed by atoms with Gasteiger partial charge in [-0.05, 0) is 43.7 Å². The van der Waals surface area contributed by atoms with E-state index in [0.29, 0.717) is 0 Å². The number of para-hydroxylation sites is 1. The second-order valence-corrected chi connectivity index (χ2v) is 7.38. The third-order valence-electron chi connectivity index (χ3n) is 3.82. The van der Waals surface area contributed by atoms with Gasteiger partial charge in [-0.25, -0.2) is 12.8 Å². The Balaban J connectivity index is 2.40. The first-order valence-corrected chi connectivity index (χ1v) is 9.53. The van der Waals surface area contributed by atoms with E-state index in [1.54, 1.807) is 12.1 Å². The van der Waals surface area contributed by atoms with Crippen molar-refractivity contribution < 1.29 is 22.3 Å². The first-order valence-electron chi connectivity index (χ1n) is 8.04. The number of hydrogen-bond acceptors (Lipinski definition) is 4. The molecule has 0 aromatic heterocycles. The van der Waals surface area contributed by atoms with Crippen LogP contribution in [0, 0.1) is 5.82 Å². The average Bonchev–Trinajstić information content (AvgIpc) is 2.61. The molecule has 2 aromatic rings. The van der Waals surface area contributed by atoms with Crippen molar-refractivity contribution in [3.8, 4) is 5.75 Å². The highest BCUT2D eigenvalue weighted by Gasteiger charge is 2.23. The summed E-state index contributed by atoms with van der Waals surface area (Å²) in [6.45, 7) is 3.78.